The molecule has 2 N–H and O–H groups in total. The van der Waals surface area contributed by atoms with Gasteiger partial charge in [-0.25, -0.2) is 0 Å². The van der Waals surface area contributed by atoms with Crippen molar-refractivity contribution < 1.29 is 9.53 Å². The third kappa shape index (κ3) is 4.02. The maximum Gasteiger partial charge on any atom is 0.223 e. The fraction of sp³-hybridized carbons (Fsp3) is 0.688. The molecule has 2 aliphatic rings. The highest BCUT2D eigenvalue weighted by molar-refractivity contribution is 7.07. The molecule has 3 rings (SSSR count). The molecule has 2 fully saturated rings. The molecular formula is C16H25ClN2O2S. The van der Waals surface area contributed by atoms with E-state index in [0.29, 0.717) is 25.4 Å². The summed E-state index contributed by atoms with van der Waals surface area (Å²) in [5, 5.41) is 4.17. The van der Waals surface area contributed by atoms with Gasteiger partial charge in [0.15, 0.2) is 0 Å². The van der Waals surface area contributed by atoms with Crippen molar-refractivity contribution in [3.05, 3.63) is 22.4 Å². The molecule has 1 aliphatic heterocycles. The molecule has 1 aromatic heterocycles. The average molecular weight is 345 g/mol. The normalized spacial score (nSPS) is 31.8. The SMILES string of the molecule is CC1CN(C(=O)C[C@@H]2CCC[C@H]2N)CC(c2ccsc2)O1.Cl. The summed E-state index contributed by atoms with van der Waals surface area (Å²) in [4.78, 5) is 14.6. The number of nitrogens with zero attached hydrogens (tertiary/aromatic N) is 1. The summed E-state index contributed by atoms with van der Waals surface area (Å²) in [6.07, 6.45) is 4.03. The lowest BCUT2D eigenvalue weighted by Crippen LogP contribution is -2.46. The van der Waals surface area contributed by atoms with Crippen LogP contribution in [0.2, 0.25) is 0 Å². The van der Waals surface area contributed by atoms with Gasteiger partial charge in [-0.05, 0) is 48.1 Å². The Morgan fingerprint density at radius 2 is 2.27 bits per heavy atom. The van der Waals surface area contributed by atoms with Gasteiger partial charge in [-0.3, -0.25) is 4.79 Å². The lowest BCUT2D eigenvalue weighted by molar-refractivity contribution is -0.145. The molecule has 1 saturated heterocycles. The predicted molar refractivity (Wildman–Crippen MR) is 91.4 cm³/mol. The third-order valence-corrected chi connectivity index (χ3v) is 5.38. The Balaban J connectivity index is 0.00000176. The summed E-state index contributed by atoms with van der Waals surface area (Å²) in [6, 6.07) is 2.29. The molecule has 0 radical (unpaired) electrons. The van der Waals surface area contributed by atoms with Crippen LogP contribution >= 0.6 is 23.7 Å². The number of halogens is 1. The fourth-order valence-electron chi connectivity index (χ4n) is 3.47. The van der Waals surface area contributed by atoms with E-state index in [0.717, 1.165) is 19.3 Å². The van der Waals surface area contributed by atoms with Gasteiger partial charge < -0.3 is 15.4 Å². The first kappa shape index (κ1) is 17.7. The highest BCUT2D eigenvalue weighted by Gasteiger charge is 2.32. The van der Waals surface area contributed by atoms with Gasteiger partial charge in [0, 0.05) is 19.0 Å². The second-order valence-electron chi connectivity index (χ2n) is 6.35. The van der Waals surface area contributed by atoms with Crippen LogP contribution in [0.3, 0.4) is 0 Å². The largest absolute Gasteiger partial charge is 0.367 e. The van der Waals surface area contributed by atoms with Gasteiger partial charge in [0.05, 0.1) is 12.6 Å². The molecule has 0 aromatic carbocycles. The fourth-order valence-corrected chi connectivity index (χ4v) is 4.17. The molecule has 22 heavy (non-hydrogen) atoms. The minimum Gasteiger partial charge on any atom is -0.367 e. The molecule has 1 aliphatic carbocycles. The van der Waals surface area contributed by atoms with Crippen LogP contribution < -0.4 is 5.73 Å². The lowest BCUT2D eigenvalue weighted by atomic mass is 9.99. The van der Waals surface area contributed by atoms with E-state index in [-0.39, 0.29) is 36.6 Å². The van der Waals surface area contributed by atoms with Crippen molar-refractivity contribution in [2.24, 2.45) is 11.7 Å². The maximum atomic E-state index is 12.6. The molecule has 6 heteroatoms. The lowest BCUT2D eigenvalue weighted by Gasteiger charge is -2.37. The Kier molecular flexibility index (Phi) is 6.26. The number of ether oxygens (including phenoxy) is 1. The van der Waals surface area contributed by atoms with E-state index in [1.165, 1.54) is 5.56 Å². The zero-order valence-electron chi connectivity index (χ0n) is 12.9. The Labute approximate surface area is 142 Å². The number of hydrogen-bond donors (Lipinski definition) is 1. The van der Waals surface area contributed by atoms with Crippen LogP contribution in [-0.2, 0) is 9.53 Å². The highest BCUT2D eigenvalue weighted by Crippen LogP contribution is 2.30. The van der Waals surface area contributed by atoms with Crippen molar-refractivity contribution in [3.63, 3.8) is 0 Å². The Morgan fingerprint density at radius 3 is 2.91 bits per heavy atom. The summed E-state index contributed by atoms with van der Waals surface area (Å²) in [5.74, 6) is 0.614. The smallest absolute Gasteiger partial charge is 0.223 e. The number of morpholine rings is 1. The van der Waals surface area contributed by atoms with Gasteiger partial charge in [0.2, 0.25) is 5.91 Å². The number of nitrogens with two attached hydrogens (primary N) is 1. The minimum absolute atomic E-state index is 0. The van der Waals surface area contributed by atoms with Gasteiger partial charge in [0.1, 0.15) is 6.10 Å². The topological polar surface area (TPSA) is 55.6 Å². The van der Waals surface area contributed by atoms with Crippen molar-refractivity contribution in [2.45, 2.75) is 50.9 Å². The standard InChI is InChI=1S/C16H24N2O2S.ClH/c1-11-8-18(9-15(20-11)13-5-6-21-10-13)16(19)7-12-3-2-4-14(12)17;/h5-6,10-12,14-15H,2-4,7-9,17H2,1H3;1H/t11?,12-,14+,15?;/m0./s1. The van der Waals surface area contributed by atoms with Crippen molar-refractivity contribution in [2.75, 3.05) is 13.1 Å². The number of rotatable bonds is 3. The predicted octanol–water partition coefficient (Wildman–Crippen LogP) is 2.98. The molecule has 1 amide bonds. The van der Waals surface area contributed by atoms with E-state index in [4.69, 9.17) is 10.5 Å². The minimum atomic E-state index is 0. The van der Waals surface area contributed by atoms with Crippen molar-refractivity contribution >= 4 is 29.7 Å². The Morgan fingerprint density at radius 1 is 1.45 bits per heavy atom. The van der Waals surface area contributed by atoms with Crippen LogP contribution in [0.15, 0.2) is 16.8 Å². The molecule has 4 atom stereocenters. The monoisotopic (exact) mass is 344 g/mol. The first-order valence-corrected chi connectivity index (χ1v) is 8.78. The van der Waals surface area contributed by atoms with E-state index >= 15 is 0 Å². The molecule has 1 saturated carbocycles. The molecule has 1 aromatic rings. The maximum absolute atomic E-state index is 12.6. The van der Waals surface area contributed by atoms with E-state index in [2.05, 4.69) is 16.8 Å². The van der Waals surface area contributed by atoms with Crippen molar-refractivity contribution in [1.29, 1.82) is 0 Å². The second-order valence-corrected chi connectivity index (χ2v) is 7.13. The molecule has 2 unspecified atom stereocenters. The van der Waals surface area contributed by atoms with E-state index in [1.54, 1.807) is 11.3 Å². The first-order chi connectivity index (χ1) is 10.1. The molecule has 4 nitrogen and oxygen atoms in total. The summed E-state index contributed by atoms with van der Waals surface area (Å²) in [5.41, 5.74) is 7.28. The van der Waals surface area contributed by atoms with Crippen LogP contribution in [0.1, 0.15) is 44.3 Å². The number of amides is 1. The van der Waals surface area contributed by atoms with E-state index in [9.17, 15) is 4.79 Å². The third-order valence-electron chi connectivity index (χ3n) is 4.68. The summed E-state index contributed by atoms with van der Waals surface area (Å²) >= 11 is 1.67. The van der Waals surface area contributed by atoms with E-state index in [1.807, 2.05) is 11.8 Å². The first-order valence-electron chi connectivity index (χ1n) is 7.84. The Bertz CT molecular complexity index is 483. The van der Waals surface area contributed by atoms with Gasteiger partial charge in [-0.15, -0.1) is 12.4 Å². The zero-order chi connectivity index (χ0) is 14.8. The zero-order valence-corrected chi connectivity index (χ0v) is 14.6. The van der Waals surface area contributed by atoms with Crippen molar-refractivity contribution in [1.82, 2.24) is 4.90 Å². The molecular weight excluding hydrogens is 320 g/mol. The number of carbonyl (C=O) groups is 1. The number of thiophene rings is 1. The molecule has 2 heterocycles. The summed E-state index contributed by atoms with van der Waals surface area (Å²) in [6.45, 7) is 3.41. The molecule has 124 valence electrons. The van der Waals surface area contributed by atoms with Crippen LogP contribution in [0.5, 0.6) is 0 Å². The van der Waals surface area contributed by atoms with Crippen LogP contribution in [-0.4, -0.2) is 36.0 Å². The van der Waals surface area contributed by atoms with Gasteiger partial charge in [-0.1, -0.05) is 6.42 Å². The van der Waals surface area contributed by atoms with Gasteiger partial charge in [0.25, 0.3) is 0 Å². The number of carbonyl (C=O) groups excluding carboxylic acids is 1. The van der Waals surface area contributed by atoms with Gasteiger partial charge in [-0.2, -0.15) is 11.3 Å². The summed E-state index contributed by atoms with van der Waals surface area (Å²) < 4.78 is 5.99. The van der Waals surface area contributed by atoms with Crippen LogP contribution in [0, 0.1) is 5.92 Å². The van der Waals surface area contributed by atoms with E-state index < -0.39 is 0 Å². The van der Waals surface area contributed by atoms with Gasteiger partial charge >= 0.3 is 0 Å². The van der Waals surface area contributed by atoms with Crippen LogP contribution in [0.4, 0.5) is 0 Å². The quantitative estimate of drug-likeness (QED) is 0.917. The molecule has 0 spiro atoms. The van der Waals surface area contributed by atoms with Crippen LogP contribution in [0.25, 0.3) is 0 Å². The average Bonchev–Trinajstić information content (AvgIpc) is 3.11. The number of hydrogen-bond acceptors (Lipinski definition) is 4. The highest BCUT2D eigenvalue weighted by atomic mass is 35.5. The Hall–Kier alpha value is -0.620. The summed E-state index contributed by atoms with van der Waals surface area (Å²) in [7, 11) is 0. The molecule has 0 bridgehead atoms. The van der Waals surface area contributed by atoms with Crippen molar-refractivity contribution in [3.8, 4) is 0 Å². The second kappa shape index (κ2) is 7.77.